The Kier molecular flexibility index (Phi) is 7.94. The second-order valence-electron chi connectivity index (χ2n) is 5.53. The Morgan fingerprint density at radius 2 is 1.70 bits per heavy atom. The molecular weight excluding hydrogens is 414 g/mol. The highest BCUT2D eigenvalue weighted by Crippen LogP contribution is 2.30. The Morgan fingerprint density at radius 1 is 0.963 bits per heavy atom. The molecule has 0 heterocycles. The highest BCUT2D eigenvalue weighted by Gasteiger charge is 2.10. The van der Waals surface area contributed by atoms with Crippen molar-refractivity contribution < 1.29 is 19.1 Å². The van der Waals surface area contributed by atoms with E-state index in [1.807, 2.05) is 18.2 Å². The van der Waals surface area contributed by atoms with E-state index in [0.717, 1.165) is 10.0 Å². The summed E-state index contributed by atoms with van der Waals surface area (Å²) in [5.41, 5.74) is 1.36. The third-order valence-electron chi connectivity index (χ3n) is 3.71. The molecule has 0 aliphatic heterocycles. The minimum absolute atomic E-state index is 0.195. The maximum absolute atomic E-state index is 12.0. The van der Waals surface area contributed by atoms with E-state index < -0.39 is 0 Å². The summed E-state index contributed by atoms with van der Waals surface area (Å²) in [6.07, 6.45) is 0. The van der Waals surface area contributed by atoms with Crippen LogP contribution in [-0.2, 0) is 6.54 Å². The molecule has 0 saturated heterocycles. The van der Waals surface area contributed by atoms with Crippen molar-refractivity contribution in [2.75, 3.05) is 27.3 Å². The van der Waals surface area contributed by atoms with Crippen LogP contribution in [-0.4, -0.2) is 39.2 Å². The van der Waals surface area contributed by atoms with Gasteiger partial charge in [-0.15, -0.1) is 0 Å². The van der Waals surface area contributed by atoms with Gasteiger partial charge in [-0.2, -0.15) is 0 Å². The minimum atomic E-state index is -0.337. The molecule has 144 valence electrons. The van der Waals surface area contributed by atoms with Crippen LogP contribution in [0.1, 0.15) is 15.9 Å². The first-order valence-corrected chi connectivity index (χ1v) is 9.09. The second kappa shape index (κ2) is 10.4. The normalized spacial score (nSPS) is 10.0. The lowest BCUT2D eigenvalue weighted by molar-refractivity contribution is 0.0953. The van der Waals surface area contributed by atoms with E-state index in [1.165, 1.54) is 0 Å². The van der Waals surface area contributed by atoms with Gasteiger partial charge in [-0.3, -0.25) is 4.79 Å². The number of nitrogens with one attached hydrogen (secondary N) is 3. The molecule has 0 radical (unpaired) electrons. The van der Waals surface area contributed by atoms with E-state index in [-0.39, 0.29) is 18.5 Å². The summed E-state index contributed by atoms with van der Waals surface area (Å²) in [4.78, 5) is 23.9. The Bertz CT molecular complexity index is 798. The van der Waals surface area contributed by atoms with Crippen molar-refractivity contribution in [3.05, 3.63) is 58.1 Å². The second-order valence-corrected chi connectivity index (χ2v) is 6.44. The van der Waals surface area contributed by atoms with Crippen LogP contribution in [0, 0.1) is 0 Å². The molecular formula is C19H22BrN3O4. The number of methoxy groups -OCH3 is 2. The molecule has 0 aliphatic carbocycles. The van der Waals surface area contributed by atoms with Crippen LogP contribution in [0.2, 0.25) is 0 Å². The van der Waals surface area contributed by atoms with Crippen LogP contribution in [0.4, 0.5) is 4.79 Å². The molecule has 3 N–H and O–H groups in total. The lowest BCUT2D eigenvalue weighted by atomic mass is 10.2. The summed E-state index contributed by atoms with van der Waals surface area (Å²) >= 11 is 3.32. The number of rotatable bonds is 8. The van der Waals surface area contributed by atoms with E-state index in [0.29, 0.717) is 30.2 Å². The first kappa shape index (κ1) is 20.6. The van der Waals surface area contributed by atoms with Crippen molar-refractivity contribution >= 4 is 27.9 Å². The van der Waals surface area contributed by atoms with Crippen molar-refractivity contribution in [2.45, 2.75) is 6.54 Å². The number of carbonyl (C=O) groups excluding carboxylic acids is 2. The van der Waals surface area contributed by atoms with Crippen LogP contribution in [0.3, 0.4) is 0 Å². The average molecular weight is 436 g/mol. The Hall–Kier alpha value is -2.74. The van der Waals surface area contributed by atoms with E-state index >= 15 is 0 Å². The van der Waals surface area contributed by atoms with Gasteiger partial charge < -0.3 is 25.4 Å². The van der Waals surface area contributed by atoms with Gasteiger partial charge in [0.05, 0.1) is 14.2 Å². The van der Waals surface area contributed by atoms with Crippen LogP contribution in [0.5, 0.6) is 11.5 Å². The minimum Gasteiger partial charge on any atom is -0.493 e. The molecule has 0 fully saturated rings. The largest absolute Gasteiger partial charge is 0.493 e. The summed E-state index contributed by atoms with van der Waals surface area (Å²) in [5, 5.41) is 8.19. The van der Waals surface area contributed by atoms with Crippen LogP contribution in [0.25, 0.3) is 0 Å². The zero-order chi connectivity index (χ0) is 19.6. The number of ether oxygens (including phenoxy) is 2. The van der Waals surface area contributed by atoms with Gasteiger partial charge in [-0.25, -0.2) is 4.79 Å². The van der Waals surface area contributed by atoms with Gasteiger partial charge in [0.25, 0.3) is 5.91 Å². The predicted octanol–water partition coefficient (Wildman–Crippen LogP) is 2.70. The first-order valence-electron chi connectivity index (χ1n) is 8.30. The number of halogens is 1. The molecule has 2 rings (SSSR count). The SMILES string of the molecule is COc1cccc(CNC(=O)NCCNC(=O)c2cccc(Br)c2)c1OC. The number of para-hydroxylation sites is 1. The Balaban J connectivity index is 1.73. The lowest BCUT2D eigenvalue weighted by Crippen LogP contribution is -2.40. The number of hydrogen-bond acceptors (Lipinski definition) is 4. The van der Waals surface area contributed by atoms with Crippen LogP contribution < -0.4 is 25.4 Å². The summed E-state index contributed by atoms with van der Waals surface area (Å²) in [5.74, 6) is 0.994. The van der Waals surface area contributed by atoms with Crippen LogP contribution >= 0.6 is 15.9 Å². The van der Waals surface area contributed by atoms with Crippen molar-refractivity contribution in [3.8, 4) is 11.5 Å². The average Bonchev–Trinajstić information content (AvgIpc) is 2.68. The molecule has 0 aliphatic rings. The molecule has 0 atom stereocenters. The zero-order valence-corrected chi connectivity index (χ0v) is 16.8. The van der Waals surface area contributed by atoms with Gasteiger partial charge in [-0.1, -0.05) is 34.1 Å². The summed E-state index contributed by atoms with van der Waals surface area (Å²) in [7, 11) is 3.11. The Labute approximate surface area is 166 Å². The molecule has 0 unspecified atom stereocenters. The topological polar surface area (TPSA) is 88.7 Å². The van der Waals surface area contributed by atoms with E-state index in [1.54, 1.807) is 38.5 Å². The van der Waals surface area contributed by atoms with Gasteiger partial charge in [0.15, 0.2) is 11.5 Å². The first-order chi connectivity index (χ1) is 13.0. The van der Waals surface area contributed by atoms with Gasteiger partial charge in [0.2, 0.25) is 0 Å². The standard InChI is InChI=1S/C19H22BrN3O4/c1-26-16-8-4-6-14(17(16)27-2)12-23-19(25)22-10-9-21-18(24)13-5-3-7-15(20)11-13/h3-8,11H,9-10,12H2,1-2H3,(H,21,24)(H2,22,23,25). The Morgan fingerprint density at radius 3 is 2.41 bits per heavy atom. The maximum Gasteiger partial charge on any atom is 0.315 e. The van der Waals surface area contributed by atoms with Gasteiger partial charge >= 0.3 is 6.03 Å². The highest BCUT2D eigenvalue weighted by molar-refractivity contribution is 9.10. The molecule has 7 nitrogen and oxygen atoms in total. The molecule has 0 aromatic heterocycles. The molecule has 2 aromatic rings. The molecule has 3 amide bonds. The summed E-state index contributed by atoms with van der Waals surface area (Å²) in [6, 6.07) is 12.2. The van der Waals surface area contributed by atoms with Crippen molar-refractivity contribution in [1.82, 2.24) is 16.0 Å². The third-order valence-corrected chi connectivity index (χ3v) is 4.20. The fraction of sp³-hybridized carbons (Fsp3) is 0.263. The number of urea groups is 1. The summed E-state index contributed by atoms with van der Waals surface area (Å²) in [6.45, 7) is 0.915. The number of benzene rings is 2. The van der Waals surface area contributed by atoms with Crippen molar-refractivity contribution in [3.63, 3.8) is 0 Å². The molecule has 0 bridgehead atoms. The van der Waals surface area contributed by atoms with Gasteiger partial charge in [0.1, 0.15) is 0 Å². The van der Waals surface area contributed by atoms with Crippen LogP contribution in [0.15, 0.2) is 46.9 Å². The molecule has 8 heteroatoms. The van der Waals surface area contributed by atoms with E-state index in [2.05, 4.69) is 31.9 Å². The fourth-order valence-electron chi connectivity index (χ4n) is 2.41. The highest BCUT2D eigenvalue weighted by atomic mass is 79.9. The van der Waals surface area contributed by atoms with Crippen molar-refractivity contribution in [2.24, 2.45) is 0 Å². The lowest BCUT2D eigenvalue weighted by Gasteiger charge is -2.13. The van der Waals surface area contributed by atoms with E-state index in [9.17, 15) is 9.59 Å². The summed E-state index contributed by atoms with van der Waals surface area (Å²) < 4.78 is 11.4. The molecule has 2 aromatic carbocycles. The predicted molar refractivity (Wildman–Crippen MR) is 106 cm³/mol. The number of amides is 3. The molecule has 0 spiro atoms. The van der Waals surface area contributed by atoms with Gasteiger partial charge in [0, 0.05) is 35.2 Å². The number of carbonyl (C=O) groups is 2. The fourth-order valence-corrected chi connectivity index (χ4v) is 2.81. The quantitative estimate of drug-likeness (QED) is 0.556. The van der Waals surface area contributed by atoms with E-state index in [4.69, 9.17) is 9.47 Å². The monoisotopic (exact) mass is 435 g/mol. The van der Waals surface area contributed by atoms with Gasteiger partial charge in [-0.05, 0) is 24.3 Å². The zero-order valence-electron chi connectivity index (χ0n) is 15.2. The smallest absolute Gasteiger partial charge is 0.315 e. The molecule has 0 saturated carbocycles. The molecule has 27 heavy (non-hydrogen) atoms. The number of hydrogen-bond donors (Lipinski definition) is 3. The maximum atomic E-state index is 12.0. The van der Waals surface area contributed by atoms with Crippen molar-refractivity contribution in [1.29, 1.82) is 0 Å². The third kappa shape index (κ3) is 6.18.